The lowest BCUT2D eigenvalue weighted by Crippen LogP contribution is -2.50. The number of hydrogen-bond acceptors (Lipinski definition) is 3. The monoisotopic (exact) mass is 365 g/mol. The molecule has 2 rings (SSSR count). The van der Waals surface area contributed by atoms with Gasteiger partial charge in [-0.1, -0.05) is 23.7 Å². The van der Waals surface area contributed by atoms with Gasteiger partial charge in [-0.3, -0.25) is 9.59 Å². The van der Waals surface area contributed by atoms with Gasteiger partial charge in [-0.2, -0.15) is 0 Å². The SMILES string of the molecule is CN(C)CCC(=O)N1CCN(C(=O)CCCc2cccc(Cl)c2)CC1. The zero-order chi connectivity index (χ0) is 18.2. The highest BCUT2D eigenvalue weighted by Gasteiger charge is 2.23. The Kier molecular flexibility index (Phi) is 7.72. The van der Waals surface area contributed by atoms with Crippen LogP contribution in [0.3, 0.4) is 0 Å². The third-order valence-electron chi connectivity index (χ3n) is 4.50. The number of hydrogen-bond donors (Lipinski definition) is 0. The number of rotatable bonds is 7. The minimum absolute atomic E-state index is 0.182. The Morgan fingerprint density at radius 2 is 1.64 bits per heavy atom. The van der Waals surface area contributed by atoms with Crippen molar-refractivity contribution in [1.82, 2.24) is 14.7 Å². The first-order valence-electron chi connectivity index (χ1n) is 8.90. The molecule has 25 heavy (non-hydrogen) atoms. The summed E-state index contributed by atoms with van der Waals surface area (Å²) >= 11 is 5.98. The van der Waals surface area contributed by atoms with E-state index in [-0.39, 0.29) is 11.8 Å². The van der Waals surface area contributed by atoms with E-state index in [4.69, 9.17) is 11.6 Å². The molecule has 0 N–H and O–H groups in total. The standard InChI is InChI=1S/C19H28ClN3O2/c1-21(2)10-9-19(25)23-13-11-22(12-14-23)18(24)8-4-6-16-5-3-7-17(20)15-16/h3,5,7,15H,4,6,8-14H2,1-2H3. The van der Waals surface area contributed by atoms with Crippen molar-refractivity contribution in [3.05, 3.63) is 34.9 Å². The fourth-order valence-corrected chi connectivity index (χ4v) is 3.19. The molecule has 0 aliphatic carbocycles. The predicted octanol–water partition coefficient (Wildman–Crippen LogP) is 2.29. The molecule has 0 unspecified atom stereocenters. The molecule has 138 valence electrons. The minimum Gasteiger partial charge on any atom is -0.339 e. The molecule has 1 aromatic carbocycles. The number of carbonyl (C=O) groups is 2. The van der Waals surface area contributed by atoms with Crippen LogP contribution in [0.25, 0.3) is 0 Å². The summed E-state index contributed by atoms with van der Waals surface area (Å²) in [4.78, 5) is 30.2. The summed E-state index contributed by atoms with van der Waals surface area (Å²) in [7, 11) is 3.93. The molecular formula is C19H28ClN3O2. The van der Waals surface area contributed by atoms with Crippen LogP contribution in [0.15, 0.2) is 24.3 Å². The quantitative estimate of drug-likeness (QED) is 0.744. The van der Waals surface area contributed by atoms with Crippen molar-refractivity contribution in [3.8, 4) is 0 Å². The highest BCUT2D eigenvalue weighted by Crippen LogP contribution is 2.14. The summed E-state index contributed by atoms with van der Waals surface area (Å²) in [5, 5.41) is 0.735. The lowest BCUT2D eigenvalue weighted by atomic mass is 10.1. The van der Waals surface area contributed by atoms with E-state index in [2.05, 4.69) is 0 Å². The lowest BCUT2D eigenvalue weighted by molar-refractivity contribution is -0.139. The molecule has 1 aliphatic heterocycles. The molecule has 1 fully saturated rings. The van der Waals surface area contributed by atoms with E-state index in [1.54, 1.807) is 0 Å². The van der Waals surface area contributed by atoms with Gasteiger partial charge < -0.3 is 14.7 Å². The summed E-state index contributed by atoms with van der Waals surface area (Å²) in [6, 6.07) is 7.78. The summed E-state index contributed by atoms with van der Waals surface area (Å²) in [6.45, 7) is 3.34. The fraction of sp³-hybridized carbons (Fsp3) is 0.579. The zero-order valence-corrected chi connectivity index (χ0v) is 16.0. The van der Waals surface area contributed by atoms with E-state index in [9.17, 15) is 9.59 Å². The van der Waals surface area contributed by atoms with E-state index in [0.717, 1.165) is 30.0 Å². The second-order valence-corrected chi connectivity index (χ2v) is 7.23. The van der Waals surface area contributed by atoms with Crippen LogP contribution in [0.5, 0.6) is 0 Å². The third kappa shape index (κ3) is 6.67. The van der Waals surface area contributed by atoms with Crippen LogP contribution in [-0.2, 0) is 16.0 Å². The van der Waals surface area contributed by atoms with E-state index in [0.29, 0.717) is 39.0 Å². The topological polar surface area (TPSA) is 43.9 Å². The van der Waals surface area contributed by atoms with E-state index in [1.165, 1.54) is 0 Å². The number of piperazine rings is 1. The maximum atomic E-state index is 12.3. The minimum atomic E-state index is 0.182. The van der Waals surface area contributed by atoms with E-state index >= 15 is 0 Å². The van der Waals surface area contributed by atoms with Crippen LogP contribution < -0.4 is 0 Å². The molecule has 1 aliphatic rings. The van der Waals surface area contributed by atoms with Crippen LogP contribution in [-0.4, -0.2) is 73.3 Å². The largest absolute Gasteiger partial charge is 0.339 e. The Labute approximate surface area is 155 Å². The second kappa shape index (κ2) is 9.78. The van der Waals surface area contributed by atoms with Crippen molar-refractivity contribution in [2.75, 3.05) is 46.8 Å². The van der Waals surface area contributed by atoms with Gasteiger partial charge in [0.2, 0.25) is 11.8 Å². The Morgan fingerprint density at radius 3 is 2.20 bits per heavy atom. The number of aryl methyl sites for hydroxylation is 1. The highest BCUT2D eigenvalue weighted by atomic mass is 35.5. The number of nitrogens with zero attached hydrogens (tertiary/aromatic N) is 3. The number of amides is 2. The maximum Gasteiger partial charge on any atom is 0.223 e. The van der Waals surface area contributed by atoms with Crippen LogP contribution in [0.1, 0.15) is 24.8 Å². The fourth-order valence-electron chi connectivity index (χ4n) is 2.98. The Morgan fingerprint density at radius 1 is 1.04 bits per heavy atom. The molecular weight excluding hydrogens is 338 g/mol. The van der Waals surface area contributed by atoms with Gasteiger partial charge in [0.15, 0.2) is 0 Å². The molecule has 5 nitrogen and oxygen atoms in total. The molecule has 6 heteroatoms. The smallest absolute Gasteiger partial charge is 0.223 e. The van der Waals surface area contributed by atoms with Gasteiger partial charge in [0.1, 0.15) is 0 Å². The average Bonchev–Trinajstić information content (AvgIpc) is 2.59. The highest BCUT2D eigenvalue weighted by molar-refractivity contribution is 6.30. The van der Waals surface area contributed by atoms with Crippen molar-refractivity contribution in [2.24, 2.45) is 0 Å². The van der Waals surface area contributed by atoms with Crippen molar-refractivity contribution < 1.29 is 9.59 Å². The zero-order valence-electron chi connectivity index (χ0n) is 15.2. The summed E-state index contributed by atoms with van der Waals surface area (Å²) in [5.41, 5.74) is 1.16. The first kappa shape index (κ1) is 19.7. The Hall–Kier alpha value is -1.59. The number of carbonyl (C=O) groups excluding carboxylic acids is 2. The van der Waals surface area contributed by atoms with Gasteiger partial charge in [0, 0.05) is 50.6 Å². The molecule has 2 amide bonds. The van der Waals surface area contributed by atoms with Crippen molar-refractivity contribution in [2.45, 2.75) is 25.7 Å². The number of halogens is 1. The van der Waals surface area contributed by atoms with Gasteiger partial charge >= 0.3 is 0 Å². The van der Waals surface area contributed by atoms with Gasteiger partial charge in [-0.25, -0.2) is 0 Å². The molecule has 0 radical (unpaired) electrons. The molecule has 0 spiro atoms. The summed E-state index contributed by atoms with van der Waals surface area (Å²) in [6.07, 6.45) is 2.76. The van der Waals surface area contributed by atoms with Crippen LogP contribution in [0.4, 0.5) is 0 Å². The molecule has 0 atom stereocenters. The average molecular weight is 366 g/mol. The molecule has 0 aromatic heterocycles. The van der Waals surface area contributed by atoms with Gasteiger partial charge in [-0.15, -0.1) is 0 Å². The molecule has 1 aromatic rings. The summed E-state index contributed by atoms with van der Waals surface area (Å²) in [5.74, 6) is 0.365. The van der Waals surface area contributed by atoms with E-state index in [1.807, 2.05) is 53.1 Å². The number of benzene rings is 1. The van der Waals surface area contributed by atoms with Crippen LogP contribution in [0.2, 0.25) is 5.02 Å². The maximum absolute atomic E-state index is 12.3. The van der Waals surface area contributed by atoms with Gasteiger partial charge in [-0.05, 0) is 44.6 Å². The summed E-state index contributed by atoms with van der Waals surface area (Å²) < 4.78 is 0. The first-order chi connectivity index (χ1) is 12.0. The predicted molar refractivity (Wildman–Crippen MR) is 101 cm³/mol. The Bertz CT molecular complexity index is 584. The van der Waals surface area contributed by atoms with Crippen LogP contribution >= 0.6 is 11.6 Å². The Balaban J connectivity index is 1.67. The molecule has 0 saturated carbocycles. The van der Waals surface area contributed by atoms with Gasteiger partial charge in [0.25, 0.3) is 0 Å². The first-order valence-corrected chi connectivity index (χ1v) is 9.28. The molecule has 1 heterocycles. The van der Waals surface area contributed by atoms with Crippen molar-refractivity contribution >= 4 is 23.4 Å². The third-order valence-corrected chi connectivity index (χ3v) is 4.74. The normalized spacial score (nSPS) is 14.9. The molecule has 0 bridgehead atoms. The molecule has 1 saturated heterocycles. The van der Waals surface area contributed by atoms with Crippen molar-refractivity contribution in [1.29, 1.82) is 0 Å². The van der Waals surface area contributed by atoms with E-state index < -0.39 is 0 Å². The lowest BCUT2D eigenvalue weighted by Gasteiger charge is -2.35. The second-order valence-electron chi connectivity index (χ2n) is 6.80. The van der Waals surface area contributed by atoms with Crippen molar-refractivity contribution in [3.63, 3.8) is 0 Å². The van der Waals surface area contributed by atoms with Gasteiger partial charge in [0.05, 0.1) is 0 Å². The van der Waals surface area contributed by atoms with Crippen LogP contribution in [0, 0.1) is 0 Å².